The van der Waals surface area contributed by atoms with Gasteiger partial charge in [-0.2, -0.15) is 0 Å². The number of halogens is 2. The van der Waals surface area contributed by atoms with Crippen molar-refractivity contribution in [2.45, 2.75) is 58.8 Å². The molecule has 0 spiro atoms. The molecule has 9 nitrogen and oxygen atoms in total. The van der Waals surface area contributed by atoms with Gasteiger partial charge < -0.3 is 24.4 Å². The molecule has 180 valence electrons. The van der Waals surface area contributed by atoms with Gasteiger partial charge in [0.15, 0.2) is 17.4 Å². The standard InChI is InChI=1S/C22H28F2N4O5/c1-13(2)30-19-10-16(23)18(9-17(19)24)27-20-11-21(26-12-25-20)32-15-5-7-28(8-6-15)33-22(29)31-14(3)4/h9-15H,5-8H2,1-4H3,(H,25,26,27). The molecule has 1 aromatic carbocycles. The van der Waals surface area contributed by atoms with E-state index >= 15 is 0 Å². The highest BCUT2D eigenvalue weighted by atomic mass is 19.1. The van der Waals surface area contributed by atoms with Crippen LogP contribution in [0.2, 0.25) is 0 Å². The maximum atomic E-state index is 14.4. The number of anilines is 2. The van der Waals surface area contributed by atoms with E-state index in [2.05, 4.69) is 15.3 Å². The topological polar surface area (TPSA) is 95.0 Å². The fraction of sp³-hybridized carbons (Fsp3) is 0.500. The average molecular weight is 466 g/mol. The van der Waals surface area contributed by atoms with Crippen LogP contribution in [0.4, 0.5) is 25.1 Å². The first kappa shape index (κ1) is 24.4. The SMILES string of the molecule is CC(C)OC(=O)ON1CCC(Oc2cc(Nc3cc(F)c(OC(C)C)cc3F)ncn2)CC1. The van der Waals surface area contributed by atoms with E-state index in [0.717, 1.165) is 12.1 Å². The molecule has 1 saturated heterocycles. The monoisotopic (exact) mass is 466 g/mol. The van der Waals surface area contributed by atoms with Gasteiger partial charge in [0.2, 0.25) is 5.88 Å². The molecule has 1 N–H and O–H groups in total. The van der Waals surface area contributed by atoms with Gasteiger partial charge in [0.25, 0.3) is 0 Å². The third-order valence-electron chi connectivity index (χ3n) is 4.51. The van der Waals surface area contributed by atoms with Crippen molar-refractivity contribution < 1.29 is 32.6 Å². The maximum Gasteiger partial charge on any atom is 0.528 e. The van der Waals surface area contributed by atoms with Crippen LogP contribution < -0.4 is 14.8 Å². The third-order valence-corrected chi connectivity index (χ3v) is 4.51. The zero-order valence-electron chi connectivity index (χ0n) is 19.0. The number of piperidine rings is 1. The summed E-state index contributed by atoms with van der Waals surface area (Å²) in [6.07, 6.45) is 1.03. The normalized spacial score (nSPS) is 14.9. The van der Waals surface area contributed by atoms with E-state index < -0.39 is 17.8 Å². The number of carbonyl (C=O) groups excluding carboxylic acids is 1. The Morgan fingerprint density at radius 2 is 1.79 bits per heavy atom. The molecule has 0 saturated carbocycles. The quantitative estimate of drug-likeness (QED) is 0.560. The smallest absolute Gasteiger partial charge is 0.488 e. The van der Waals surface area contributed by atoms with Crippen molar-refractivity contribution >= 4 is 17.7 Å². The number of benzene rings is 1. The molecule has 2 aromatic rings. The van der Waals surface area contributed by atoms with Crippen molar-refractivity contribution in [2.24, 2.45) is 0 Å². The number of hydroxylamine groups is 2. The molecule has 33 heavy (non-hydrogen) atoms. The van der Waals surface area contributed by atoms with E-state index in [1.54, 1.807) is 27.7 Å². The molecule has 1 fully saturated rings. The minimum atomic E-state index is -0.733. The summed E-state index contributed by atoms with van der Waals surface area (Å²) < 4.78 is 44.7. The third kappa shape index (κ3) is 7.41. The van der Waals surface area contributed by atoms with Crippen LogP contribution in [-0.2, 0) is 9.57 Å². The lowest BCUT2D eigenvalue weighted by molar-refractivity contribution is -0.151. The summed E-state index contributed by atoms with van der Waals surface area (Å²) in [5, 5.41) is 4.26. The molecule has 0 atom stereocenters. The van der Waals surface area contributed by atoms with Crippen molar-refractivity contribution in [3.63, 3.8) is 0 Å². The Labute approximate surface area is 191 Å². The Morgan fingerprint density at radius 1 is 1.06 bits per heavy atom. The van der Waals surface area contributed by atoms with Crippen molar-refractivity contribution in [1.82, 2.24) is 15.0 Å². The van der Waals surface area contributed by atoms with Crippen LogP contribution in [0.5, 0.6) is 11.6 Å². The summed E-state index contributed by atoms with van der Waals surface area (Å²) >= 11 is 0. The summed E-state index contributed by atoms with van der Waals surface area (Å²) in [4.78, 5) is 24.9. The molecule has 0 aliphatic carbocycles. The predicted molar refractivity (Wildman–Crippen MR) is 115 cm³/mol. The first-order valence-electron chi connectivity index (χ1n) is 10.7. The lowest BCUT2D eigenvalue weighted by Crippen LogP contribution is -2.40. The van der Waals surface area contributed by atoms with Gasteiger partial charge in [-0.15, -0.1) is 5.06 Å². The minimum absolute atomic E-state index is 0.0907. The van der Waals surface area contributed by atoms with Gasteiger partial charge in [-0.05, 0) is 27.7 Å². The molecule has 3 rings (SSSR count). The number of rotatable bonds is 8. The Morgan fingerprint density at radius 3 is 2.45 bits per heavy atom. The molecule has 1 aliphatic rings. The van der Waals surface area contributed by atoms with Gasteiger partial charge in [0, 0.05) is 44.1 Å². The lowest BCUT2D eigenvalue weighted by atomic mass is 10.1. The van der Waals surface area contributed by atoms with Crippen LogP contribution in [0.15, 0.2) is 24.5 Å². The fourth-order valence-electron chi connectivity index (χ4n) is 3.11. The number of nitrogens with zero attached hydrogens (tertiary/aromatic N) is 3. The van der Waals surface area contributed by atoms with Crippen molar-refractivity contribution in [3.05, 3.63) is 36.2 Å². The Balaban J connectivity index is 1.56. The first-order valence-corrected chi connectivity index (χ1v) is 10.7. The summed E-state index contributed by atoms with van der Waals surface area (Å²) in [7, 11) is 0. The molecule has 1 aliphatic heterocycles. The first-order chi connectivity index (χ1) is 15.7. The summed E-state index contributed by atoms with van der Waals surface area (Å²) in [5.74, 6) is -1.01. The largest absolute Gasteiger partial charge is 0.528 e. The van der Waals surface area contributed by atoms with E-state index in [0.29, 0.717) is 25.9 Å². The number of ether oxygens (including phenoxy) is 3. The van der Waals surface area contributed by atoms with Crippen LogP contribution in [0.1, 0.15) is 40.5 Å². The minimum Gasteiger partial charge on any atom is -0.488 e. The van der Waals surface area contributed by atoms with Crippen molar-refractivity contribution in [1.29, 1.82) is 0 Å². The van der Waals surface area contributed by atoms with Crippen molar-refractivity contribution in [3.8, 4) is 11.6 Å². The molecular weight excluding hydrogens is 438 g/mol. The van der Waals surface area contributed by atoms with E-state index in [1.807, 2.05) is 0 Å². The molecule has 0 amide bonds. The van der Waals surface area contributed by atoms with E-state index in [-0.39, 0.29) is 41.4 Å². The Hall–Kier alpha value is -3.21. The Kier molecular flexibility index (Phi) is 8.21. The zero-order chi connectivity index (χ0) is 24.0. The van der Waals surface area contributed by atoms with Crippen LogP contribution in [0.3, 0.4) is 0 Å². The van der Waals surface area contributed by atoms with E-state index in [4.69, 9.17) is 19.0 Å². The molecule has 2 heterocycles. The van der Waals surface area contributed by atoms with Crippen LogP contribution in [0.25, 0.3) is 0 Å². The van der Waals surface area contributed by atoms with Gasteiger partial charge in [-0.3, -0.25) is 0 Å². The number of carbonyl (C=O) groups is 1. The summed E-state index contributed by atoms with van der Waals surface area (Å²) in [6.45, 7) is 7.89. The van der Waals surface area contributed by atoms with Crippen LogP contribution in [0, 0.1) is 11.6 Å². The summed E-state index contributed by atoms with van der Waals surface area (Å²) in [5.41, 5.74) is -0.0907. The van der Waals surface area contributed by atoms with Gasteiger partial charge in [-0.25, -0.2) is 23.5 Å². The number of nitrogens with one attached hydrogen (secondary N) is 1. The fourth-order valence-corrected chi connectivity index (χ4v) is 3.11. The van der Waals surface area contributed by atoms with Crippen molar-refractivity contribution in [2.75, 3.05) is 18.4 Å². The van der Waals surface area contributed by atoms with Gasteiger partial charge in [0.05, 0.1) is 17.9 Å². The predicted octanol–water partition coefficient (Wildman–Crippen LogP) is 4.61. The lowest BCUT2D eigenvalue weighted by Gasteiger charge is -2.30. The van der Waals surface area contributed by atoms with Crippen LogP contribution in [-0.4, -0.2) is 52.6 Å². The molecule has 0 unspecified atom stereocenters. The molecule has 11 heteroatoms. The highest BCUT2D eigenvalue weighted by Crippen LogP contribution is 2.28. The molecule has 0 bridgehead atoms. The number of aromatic nitrogens is 2. The second-order valence-electron chi connectivity index (χ2n) is 8.05. The van der Waals surface area contributed by atoms with Gasteiger partial charge >= 0.3 is 6.16 Å². The second-order valence-corrected chi connectivity index (χ2v) is 8.05. The number of hydrogen-bond acceptors (Lipinski definition) is 9. The highest BCUT2D eigenvalue weighted by Gasteiger charge is 2.24. The maximum absolute atomic E-state index is 14.4. The highest BCUT2D eigenvalue weighted by molar-refractivity contribution is 5.60. The van der Waals surface area contributed by atoms with Gasteiger partial charge in [-0.1, -0.05) is 0 Å². The number of hydrogen-bond donors (Lipinski definition) is 1. The molecule has 0 radical (unpaired) electrons. The second kappa shape index (κ2) is 11.1. The Bertz CT molecular complexity index is 952. The summed E-state index contributed by atoms with van der Waals surface area (Å²) in [6, 6.07) is 3.50. The van der Waals surface area contributed by atoms with Gasteiger partial charge in [0.1, 0.15) is 18.2 Å². The van der Waals surface area contributed by atoms with Crippen LogP contribution >= 0.6 is 0 Å². The average Bonchev–Trinajstić information content (AvgIpc) is 2.72. The molecular formula is C22H28F2N4O5. The molecule has 1 aromatic heterocycles. The van der Waals surface area contributed by atoms with E-state index in [1.165, 1.54) is 17.5 Å². The van der Waals surface area contributed by atoms with E-state index in [9.17, 15) is 13.6 Å². The zero-order valence-corrected chi connectivity index (χ0v) is 19.0.